The molecule has 5 heteroatoms. The average Bonchev–Trinajstić information content (AvgIpc) is 2.68. The second kappa shape index (κ2) is 5.98. The van der Waals surface area contributed by atoms with Crippen LogP contribution in [0.4, 0.5) is 0 Å². The molecule has 2 atom stereocenters. The van der Waals surface area contributed by atoms with Crippen molar-refractivity contribution >= 4 is 30.1 Å². The van der Waals surface area contributed by atoms with Crippen LogP contribution in [0.1, 0.15) is 18.3 Å². The molecule has 21 heavy (non-hydrogen) atoms. The number of nitrogens with zero attached hydrogens (tertiary/aromatic N) is 1. The van der Waals surface area contributed by atoms with Crippen LogP contribution in [0, 0.1) is 0 Å². The summed E-state index contributed by atoms with van der Waals surface area (Å²) < 4.78 is 11.2. The van der Waals surface area contributed by atoms with Gasteiger partial charge in [-0.2, -0.15) is 0 Å². The monoisotopic (exact) mass is 337 g/mol. The van der Waals surface area contributed by atoms with Crippen molar-refractivity contribution in [2.24, 2.45) is 4.76 Å². The molecular formula is C16H28NOPSi2. The molecule has 116 valence electrons. The summed E-state index contributed by atoms with van der Waals surface area (Å²) in [5, 5.41) is 0. The largest absolute Gasteiger partial charge is 0.467 e. The van der Waals surface area contributed by atoms with Gasteiger partial charge in [-0.15, -0.1) is 0 Å². The molecule has 0 saturated carbocycles. The third-order valence-electron chi connectivity index (χ3n) is 3.77. The van der Waals surface area contributed by atoms with Crippen LogP contribution in [-0.2, 0) is 4.74 Å². The van der Waals surface area contributed by atoms with Gasteiger partial charge in [0.05, 0.1) is 24.2 Å². The molecule has 0 N–H and O–H groups in total. The predicted molar refractivity (Wildman–Crippen MR) is 101 cm³/mol. The van der Waals surface area contributed by atoms with Gasteiger partial charge in [-0.3, -0.25) is 0 Å². The van der Waals surface area contributed by atoms with Crippen LogP contribution >= 0.6 is 8.07 Å². The molecule has 1 aliphatic heterocycles. The minimum Gasteiger partial charge on any atom is -0.467 e. The maximum Gasteiger partial charge on any atom is 0.185 e. The Kier molecular flexibility index (Phi) is 4.82. The van der Waals surface area contributed by atoms with Gasteiger partial charge in [0.2, 0.25) is 0 Å². The number of ether oxygens (including phenoxy) is 1. The molecule has 2 rings (SSSR count). The van der Waals surface area contributed by atoms with Gasteiger partial charge in [0.25, 0.3) is 0 Å². The third-order valence-corrected chi connectivity index (χ3v) is 20.4. The van der Waals surface area contributed by atoms with Crippen molar-refractivity contribution in [1.82, 2.24) is 0 Å². The summed E-state index contributed by atoms with van der Waals surface area (Å²) in [4.78, 5) is 0.780. The molecule has 0 aromatic heterocycles. The highest BCUT2D eigenvalue weighted by Gasteiger charge is 2.48. The Bertz CT molecular complexity index is 505. The van der Waals surface area contributed by atoms with E-state index in [0.717, 1.165) is 10.8 Å². The molecule has 0 saturated heterocycles. The SMILES string of the molecule is CC1=NP(C([Si](C)(C)C)[Si](C)(C)C)[C@@H](c2ccccc2)O1. The highest BCUT2D eigenvalue weighted by atomic mass is 31.1. The summed E-state index contributed by atoms with van der Waals surface area (Å²) in [7, 11) is -3.05. The number of hydrogen-bond donors (Lipinski definition) is 0. The van der Waals surface area contributed by atoms with Crippen LogP contribution < -0.4 is 0 Å². The smallest absolute Gasteiger partial charge is 0.185 e. The van der Waals surface area contributed by atoms with E-state index in [2.05, 4.69) is 69.6 Å². The van der Waals surface area contributed by atoms with E-state index in [0.29, 0.717) is 0 Å². The van der Waals surface area contributed by atoms with E-state index in [-0.39, 0.29) is 5.85 Å². The van der Waals surface area contributed by atoms with E-state index >= 15 is 0 Å². The molecular weight excluding hydrogens is 309 g/mol. The molecule has 0 spiro atoms. The average molecular weight is 338 g/mol. The first kappa shape index (κ1) is 16.9. The van der Waals surface area contributed by atoms with Crippen molar-refractivity contribution in [1.29, 1.82) is 0 Å². The molecule has 0 bridgehead atoms. The molecule has 1 aromatic rings. The lowest BCUT2D eigenvalue weighted by Crippen LogP contribution is -2.52. The summed E-state index contributed by atoms with van der Waals surface area (Å²) >= 11 is 0. The Morgan fingerprint density at radius 2 is 1.52 bits per heavy atom. The second-order valence-corrected chi connectivity index (χ2v) is 22.1. The van der Waals surface area contributed by atoms with Gasteiger partial charge in [-0.05, 0) is 10.5 Å². The lowest BCUT2D eigenvalue weighted by atomic mass is 10.2. The first-order valence-corrected chi connectivity index (χ1v) is 16.2. The number of benzene rings is 1. The summed E-state index contributed by atoms with van der Waals surface area (Å²) in [6, 6.07) is 10.7. The Morgan fingerprint density at radius 3 is 2.00 bits per heavy atom. The third kappa shape index (κ3) is 3.85. The molecule has 0 fully saturated rings. The van der Waals surface area contributed by atoms with Crippen molar-refractivity contribution in [3.63, 3.8) is 0 Å². The standard InChI is InChI=1S/C16H28NOPSi2/c1-13-17-19(16(20(2,3)4)21(5,6)7)15(18-13)14-11-9-8-10-12-14/h8-12,15-16H,1-7H3/t15-,19?/m0/s1. The van der Waals surface area contributed by atoms with Crippen LogP contribution in [0.3, 0.4) is 0 Å². The van der Waals surface area contributed by atoms with Crippen molar-refractivity contribution in [2.45, 2.75) is 57.0 Å². The van der Waals surface area contributed by atoms with Crippen molar-refractivity contribution in [3.05, 3.63) is 35.9 Å². The van der Waals surface area contributed by atoms with E-state index in [9.17, 15) is 0 Å². The Morgan fingerprint density at radius 1 is 1.00 bits per heavy atom. The zero-order valence-electron chi connectivity index (χ0n) is 14.3. The lowest BCUT2D eigenvalue weighted by Gasteiger charge is -2.42. The van der Waals surface area contributed by atoms with E-state index < -0.39 is 24.2 Å². The Balaban J connectivity index is 2.42. The Hall–Kier alpha value is -0.446. The molecule has 1 unspecified atom stereocenters. The second-order valence-electron chi connectivity index (χ2n) is 8.01. The van der Waals surface area contributed by atoms with Gasteiger partial charge in [-0.25, -0.2) is 4.76 Å². The van der Waals surface area contributed by atoms with Crippen molar-refractivity contribution in [3.8, 4) is 0 Å². The molecule has 1 aromatic carbocycles. The molecule has 2 nitrogen and oxygen atoms in total. The highest BCUT2D eigenvalue weighted by molar-refractivity contribution is 7.64. The lowest BCUT2D eigenvalue weighted by molar-refractivity contribution is 0.284. The van der Waals surface area contributed by atoms with Gasteiger partial charge in [0.1, 0.15) is 0 Å². The fourth-order valence-corrected chi connectivity index (χ4v) is 23.1. The molecule has 1 aliphatic rings. The minimum absolute atomic E-state index is 0.171. The van der Waals surface area contributed by atoms with Crippen LogP contribution in [0.25, 0.3) is 0 Å². The van der Waals surface area contributed by atoms with E-state index in [1.807, 2.05) is 6.92 Å². The molecule has 0 radical (unpaired) electrons. The maximum absolute atomic E-state index is 6.15. The first-order valence-electron chi connectivity index (χ1n) is 7.66. The van der Waals surface area contributed by atoms with E-state index in [1.54, 1.807) is 0 Å². The van der Waals surface area contributed by atoms with Crippen LogP contribution in [0.2, 0.25) is 39.3 Å². The summed E-state index contributed by atoms with van der Waals surface area (Å²) in [5.74, 6) is 1.06. The maximum atomic E-state index is 6.15. The van der Waals surface area contributed by atoms with Gasteiger partial charge < -0.3 is 4.74 Å². The minimum atomic E-state index is -1.29. The quantitative estimate of drug-likeness (QED) is 0.513. The van der Waals surface area contributed by atoms with Gasteiger partial charge in [-0.1, -0.05) is 69.6 Å². The first-order chi connectivity index (χ1) is 9.60. The van der Waals surface area contributed by atoms with Gasteiger partial charge >= 0.3 is 0 Å². The zero-order chi connectivity index (χ0) is 15.8. The summed E-state index contributed by atoms with van der Waals surface area (Å²) in [6.45, 7) is 17.0. The normalized spacial score (nSPS) is 23.1. The molecule has 1 heterocycles. The molecule has 0 aliphatic carbocycles. The zero-order valence-corrected chi connectivity index (χ0v) is 17.2. The summed E-state index contributed by atoms with van der Waals surface area (Å²) in [6.07, 6.45) is 0. The van der Waals surface area contributed by atoms with Crippen molar-refractivity contribution < 1.29 is 4.74 Å². The van der Waals surface area contributed by atoms with Crippen LogP contribution in [0.5, 0.6) is 0 Å². The van der Waals surface area contributed by atoms with E-state index in [4.69, 9.17) is 9.50 Å². The van der Waals surface area contributed by atoms with Crippen LogP contribution in [-0.4, -0.2) is 27.0 Å². The number of hydrogen-bond acceptors (Lipinski definition) is 2. The molecule has 0 amide bonds. The highest BCUT2D eigenvalue weighted by Crippen LogP contribution is 2.64. The van der Waals surface area contributed by atoms with Crippen LogP contribution in [0.15, 0.2) is 35.1 Å². The predicted octanol–water partition coefficient (Wildman–Crippen LogP) is 5.65. The van der Waals surface area contributed by atoms with Gasteiger partial charge in [0.15, 0.2) is 11.7 Å². The van der Waals surface area contributed by atoms with E-state index in [1.165, 1.54) is 5.56 Å². The fourth-order valence-electron chi connectivity index (χ4n) is 3.58. The topological polar surface area (TPSA) is 21.6 Å². The van der Waals surface area contributed by atoms with Crippen molar-refractivity contribution in [2.75, 3.05) is 0 Å². The fraction of sp³-hybridized carbons (Fsp3) is 0.562. The number of rotatable bonds is 4. The summed E-state index contributed by atoms with van der Waals surface area (Å²) in [5.41, 5.74) is 1.30. The van der Waals surface area contributed by atoms with Gasteiger partial charge in [0, 0.05) is 6.92 Å². The Labute approximate surface area is 132 Å².